The average molecular weight is 264 g/mol. The lowest BCUT2D eigenvalue weighted by atomic mass is 9.98. The van der Waals surface area contributed by atoms with E-state index in [1.54, 1.807) is 7.11 Å². The molecule has 3 N–H and O–H groups in total. The molecule has 1 aliphatic heterocycles. The Morgan fingerprint density at radius 1 is 1.47 bits per heavy atom. The second-order valence-corrected chi connectivity index (χ2v) is 5.21. The number of rotatable bonds is 4. The van der Waals surface area contributed by atoms with Gasteiger partial charge >= 0.3 is 0 Å². The van der Waals surface area contributed by atoms with Crippen molar-refractivity contribution in [3.05, 3.63) is 23.8 Å². The molecule has 1 aromatic carbocycles. The topological polar surface area (TPSA) is 58.7 Å². The van der Waals surface area contributed by atoms with Crippen molar-refractivity contribution in [3.63, 3.8) is 0 Å². The molecule has 1 fully saturated rings. The Labute approximate surface area is 115 Å². The standard InChI is InChI=1S/C15H24N2O2/c1-11(16)15-13(7-5-8-14(15)19-2)17-9-4-3-6-12(17)10-18/h5,7-8,11-12,18H,3-4,6,9-10,16H2,1-2H3. The monoisotopic (exact) mass is 264 g/mol. The summed E-state index contributed by atoms with van der Waals surface area (Å²) < 4.78 is 5.44. The van der Waals surface area contributed by atoms with E-state index in [2.05, 4.69) is 11.0 Å². The number of hydrogen-bond acceptors (Lipinski definition) is 4. The minimum Gasteiger partial charge on any atom is -0.496 e. The van der Waals surface area contributed by atoms with E-state index < -0.39 is 0 Å². The molecule has 4 nitrogen and oxygen atoms in total. The van der Waals surface area contributed by atoms with Gasteiger partial charge in [0.2, 0.25) is 0 Å². The summed E-state index contributed by atoms with van der Waals surface area (Å²) in [5.41, 5.74) is 8.25. The van der Waals surface area contributed by atoms with Crippen molar-refractivity contribution in [2.45, 2.75) is 38.3 Å². The number of anilines is 1. The molecule has 1 aliphatic rings. The van der Waals surface area contributed by atoms with Gasteiger partial charge in [-0.1, -0.05) is 6.07 Å². The molecule has 0 spiro atoms. The van der Waals surface area contributed by atoms with Gasteiger partial charge in [-0.2, -0.15) is 0 Å². The molecular formula is C15H24N2O2. The Bertz CT molecular complexity index is 421. The molecule has 2 atom stereocenters. The third kappa shape index (κ3) is 2.85. The Kier molecular flexibility index (Phi) is 4.66. The second-order valence-electron chi connectivity index (χ2n) is 5.21. The van der Waals surface area contributed by atoms with Gasteiger partial charge in [0, 0.05) is 23.8 Å². The van der Waals surface area contributed by atoms with E-state index in [4.69, 9.17) is 10.5 Å². The summed E-state index contributed by atoms with van der Waals surface area (Å²) in [6.45, 7) is 3.13. The van der Waals surface area contributed by atoms with Crippen LogP contribution in [0.2, 0.25) is 0 Å². The molecule has 0 saturated carbocycles. The maximum Gasteiger partial charge on any atom is 0.125 e. The second kappa shape index (κ2) is 6.26. The SMILES string of the molecule is COc1cccc(N2CCCCC2CO)c1C(C)N. The van der Waals surface area contributed by atoms with Gasteiger partial charge in [0.25, 0.3) is 0 Å². The lowest BCUT2D eigenvalue weighted by Crippen LogP contribution is -2.42. The van der Waals surface area contributed by atoms with Crippen LogP contribution in [0.1, 0.15) is 37.8 Å². The van der Waals surface area contributed by atoms with Gasteiger partial charge in [-0.05, 0) is 38.3 Å². The van der Waals surface area contributed by atoms with Crippen LogP contribution in [0.4, 0.5) is 5.69 Å². The summed E-state index contributed by atoms with van der Waals surface area (Å²) in [6.07, 6.45) is 3.37. The number of aliphatic hydroxyl groups is 1. The van der Waals surface area contributed by atoms with Crippen molar-refractivity contribution in [2.75, 3.05) is 25.2 Å². The van der Waals surface area contributed by atoms with Gasteiger partial charge in [0.05, 0.1) is 19.8 Å². The molecule has 4 heteroatoms. The smallest absolute Gasteiger partial charge is 0.125 e. The number of nitrogens with two attached hydrogens (primary N) is 1. The van der Waals surface area contributed by atoms with Gasteiger partial charge in [0.1, 0.15) is 5.75 Å². The first kappa shape index (κ1) is 14.2. The zero-order valence-corrected chi connectivity index (χ0v) is 11.8. The Balaban J connectivity index is 2.42. The summed E-state index contributed by atoms with van der Waals surface area (Å²) in [5.74, 6) is 0.828. The van der Waals surface area contributed by atoms with Crippen LogP contribution in [0.3, 0.4) is 0 Å². The quantitative estimate of drug-likeness (QED) is 0.874. The molecule has 0 aliphatic carbocycles. The number of benzene rings is 1. The first-order valence-electron chi connectivity index (χ1n) is 6.99. The molecule has 106 valence electrons. The van der Waals surface area contributed by atoms with Crippen LogP contribution in [0.25, 0.3) is 0 Å². The van der Waals surface area contributed by atoms with Gasteiger partial charge in [-0.25, -0.2) is 0 Å². The number of ether oxygens (including phenoxy) is 1. The van der Waals surface area contributed by atoms with E-state index >= 15 is 0 Å². The van der Waals surface area contributed by atoms with Crippen molar-refractivity contribution < 1.29 is 9.84 Å². The largest absolute Gasteiger partial charge is 0.496 e. The van der Waals surface area contributed by atoms with Crippen molar-refractivity contribution in [1.82, 2.24) is 0 Å². The molecule has 0 bridgehead atoms. The molecular weight excluding hydrogens is 240 g/mol. The molecule has 2 rings (SSSR count). The third-order valence-corrected chi connectivity index (χ3v) is 3.87. The van der Waals surface area contributed by atoms with Gasteiger partial charge < -0.3 is 20.5 Å². The molecule has 19 heavy (non-hydrogen) atoms. The fourth-order valence-electron chi connectivity index (χ4n) is 2.93. The summed E-state index contributed by atoms with van der Waals surface area (Å²) in [7, 11) is 1.67. The summed E-state index contributed by atoms with van der Waals surface area (Å²) in [6, 6.07) is 6.11. The van der Waals surface area contributed by atoms with Gasteiger partial charge in [-0.3, -0.25) is 0 Å². The van der Waals surface area contributed by atoms with E-state index in [1.165, 1.54) is 6.42 Å². The normalized spacial score (nSPS) is 21.3. The average Bonchev–Trinajstić information content (AvgIpc) is 2.46. The van der Waals surface area contributed by atoms with E-state index in [0.29, 0.717) is 0 Å². The summed E-state index contributed by atoms with van der Waals surface area (Å²) >= 11 is 0. The molecule has 1 heterocycles. The fraction of sp³-hybridized carbons (Fsp3) is 0.600. The predicted octanol–water partition coefficient (Wildman–Crippen LogP) is 2.07. The zero-order chi connectivity index (χ0) is 13.8. The van der Waals surface area contributed by atoms with Crippen LogP contribution in [0.15, 0.2) is 18.2 Å². The predicted molar refractivity (Wildman–Crippen MR) is 77.7 cm³/mol. The first-order valence-corrected chi connectivity index (χ1v) is 6.99. The highest BCUT2D eigenvalue weighted by Gasteiger charge is 2.26. The van der Waals surface area contributed by atoms with E-state index in [-0.39, 0.29) is 18.7 Å². The number of piperidine rings is 1. The molecule has 1 aromatic rings. The number of methoxy groups -OCH3 is 1. The molecule has 2 unspecified atom stereocenters. The van der Waals surface area contributed by atoms with Crippen LogP contribution in [0, 0.1) is 0 Å². The van der Waals surface area contributed by atoms with Crippen molar-refractivity contribution in [1.29, 1.82) is 0 Å². The summed E-state index contributed by atoms with van der Waals surface area (Å²) in [4.78, 5) is 2.28. The molecule has 1 saturated heterocycles. The third-order valence-electron chi connectivity index (χ3n) is 3.87. The number of nitrogens with zero attached hydrogens (tertiary/aromatic N) is 1. The number of hydrogen-bond donors (Lipinski definition) is 2. The summed E-state index contributed by atoms with van der Waals surface area (Å²) in [5, 5.41) is 9.57. The van der Waals surface area contributed by atoms with Gasteiger partial charge in [0.15, 0.2) is 0 Å². The van der Waals surface area contributed by atoms with Crippen LogP contribution >= 0.6 is 0 Å². The van der Waals surface area contributed by atoms with Crippen LogP contribution in [-0.2, 0) is 0 Å². The lowest BCUT2D eigenvalue weighted by molar-refractivity contribution is 0.240. The Morgan fingerprint density at radius 3 is 2.89 bits per heavy atom. The highest BCUT2D eigenvalue weighted by atomic mass is 16.5. The highest BCUT2D eigenvalue weighted by molar-refractivity contribution is 5.61. The van der Waals surface area contributed by atoms with Crippen LogP contribution in [-0.4, -0.2) is 31.4 Å². The van der Waals surface area contributed by atoms with E-state index in [9.17, 15) is 5.11 Å². The maximum atomic E-state index is 9.57. The van der Waals surface area contributed by atoms with Crippen LogP contribution in [0.5, 0.6) is 5.75 Å². The van der Waals surface area contributed by atoms with Crippen molar-refractivity contribution >= 4 is 5.69 Å². The Hall–Kier alpha value is -1.26. The fourth-order valence-corrected chi connectivity index (χ4v) is 2.93. The minimum atomic E-state index is -0.0904. The molecule has 0 aromatic heterocycles. The van der Waals surface area contributed by atoms with Crippen LogP contribution < -0.4 is 15.4 Å². The maximum absolute atomic E-state index is 9.57. The first-order chi connectivity index (χ1) is 9.19. The highest BCUT2D eigenvalue weighted by Crippen LogP contribution is 2.36. The van der Waals surface area contributed by atoms with Gasteiger partial charge in [-0.15, -0.1) is 0 Å². The molecule has 0 amide bonds. The minimum absolute atomic E-state index is 0.0904. The molecule has 0 radical (unpaired) electrons. The Morgan fingerprint density at radius 2 is 2.26 bits per heavy atom. The van der Waals surface area contributed by atoms with Crippen molar-refractivity contribution in [2.24, 2.45) is 5.73 Å². The lowest BCUT2D eigenvalue weighted by Gasteiger charge is -2.38. The van der Waals surface area contributed by atoms with E-state index in [1.807, 2.05) is 19.1 Å². The zero-order valence-electron chi connectivity index (χ0n) is 11.8. The number of aliphatic hydroxyl groups excluding tert-OH is 1. The van der Waals surface area contributed by atoms with Crippen molar-refractivity contribution in [3.8, 4) is 5.75 Å². The van der Waals surface area contributed by atoms with E-state index in [0.717, 1.165) is 36.4 Å².